The third kappa shape index (κ3) is 4.79. The predicted molar refractivity (Wildman–Crippen MR) is 108 cm³/mol. The Kier molecular flexibility index (Phi) is 5.61. The van der Waals surface area contributed by atoms with Crippen LogP contribution in [0, 0.1) is 0 Å². The van der Waals surface area contributed by atoms with Gasteiger partial charge in [0.15, 0.2) is 0 Å². The molecule has 2 amide bonds. The molecule has 0 unspecified atom stereocenters. The molecule has 0 saturated heterocycles. The van der Waals surface area contributed by atoms with Gasteiger partial charge >= 0.3 is 0 Å². The summed E-state index contributed by atoms with van der Waals surface area (Å²) in [6.45, 7) is 3.55. The van der Waals surface area contributed by atoms with Crippen molar-refractivity contribution in [2.75, 3.05) is 10.6 Å². The number of carbonyl (C=O) groups is 2. The van der Waals surface area contributed by atoms with E-state index in [1.807, 2.05) is 24.4 Å². The van der Waals surface area contributed by atoms with Gasteiger partial charge in [-0.2, -0.15) is 0 Å². The van der Waals surface area contributed by atoms with Crippen molar-refractivity contribution >= 4 is 23.2 Å². The summed E-state index contributed by atoms with van der Waals surface area (Å²) < 4.78 is 0. The average Bonchev–Trinajstić information content (AvgIpc) is 2.69. The van der Waals surface area contributed by atoms with E-state index in [1.54, 1.807) is 36.4 Å². The number of hydrogen-bond donors (Lipinski definition) is 2. The van der Waals surface area contributed by atoms with E-state index in [2.05, 4.69) is 28.6 Å². The van der Waals surface area contributed by atoms with Crippen molar-refractivity contribution in [1.82, 2.24) is 4.98 Å². The predicted octanol–water partition coefficient (Wildman–Crippen LogP) is 4.52. The molecule has 0 radical (unpaired) electrons. The molecule has 27 heavy (non-hydrogen) atoms. The van der Waals surface area contributed by atoms with Crippen LogP contribution in [0.1, 0.15) is 29.8 Å². The van der Waals surface area contributed by atoms with Crippen LogP contribution in [0.2, 0.25) is 0 Å². The van der Waals surface area contributed by atoms with E-state index < -0.39 is 0 Å². The maximum absolute atomic E-state index is 12.4. The van der Waals surface area contributed by atoms with E-state index in [-0.39, 0.29) is 11.8 Å². The molecule has 1 aromatic heterocycles. The molecule has 136 valence electrons. The van der Waals surface area contributed by atoms with E-state index in [1.165, 1.54) is 12.5 Å². The van der Waals surface area contributed by atoms with Crippen molar-refractivity contribution in [1.29, 1.82) is 0 Å². The van der Waals surface area contributed by atoms with Crippen LogP contribution in [0.3, 0.4) is 0 Å². The highest BCUT2D eigenvalue weighted by Crippen LogP contribution is 2.19. The number of carbonyl (C=O) groups excluding carboxylic acids is 2. The van der Waals surface area contributed by atoms with Crippen LogP contribution in [0.15, 0.2) is 66.9 Å². The minimum absolute atomic E-state index is 0.134. The lowest BCUT2D eigenvalue weighted by Gasteiger charge is -2.08. The molecule has 3 rings (SSSR count). The number of benzene rings is 2. The standard InChI is InChI=1S/C22H21N3O2/c1-3-16-4-13-21(23-14-16)17-5-7-18(8-6-17)22(27)25-20-11-9-19(10-12-20)24-15(2)26/h4-14H,3H2,1-2H3,(H,24,26)(H,25,27). The maximum atomic E-state index is 12.4. The van der Waals surface area contributed by atoms with Gasteiger partial charge in [0.25, 0.3) is 5.91 Å². The first kappa shape index (κ1) is 18.3. The van der Waals surface area contributed by atoms with Gasteiger partial charge in [-0.3, -0.25) is 14.6 Å². The monoisotopic (exact) mass is 359 g/mol. The number of anilines is 2. The zero-order valence-electron chi connectivity index (χ0n) is 15.3. The summed E-state index contributed by atoms with van der Waals surface area (Å²) in [7, 11) is 0. The summed E-state index contributed by atoms with van der Waals surface area (Å²) in [5.74, 6) is -0.325. The zero-order chi connectivity index (χ0) is 19.2. The zero-order valence-corrected chi connectivity index (χ0v) is 15.3. The Labute approximate surface area is 158 Å². The molecule has 5 nitrogen and oxygen atoms in total. The van der Waals surface area contributed by atoms with E-state index in [9.17, 15) is 9.59 Å². The van der Waals surface area contributed by atoms with Crippen LogP contribution in [-0.2, 0) is 11.2 Å². The normalized spacial score (nSPS) is 10.3. The third-order valence-electron chi connectivity index (χ3n) is 4.14. The molecule has 0 aliphatic rings. The molecule has 1 heterocycles. The Morgan fingerprint density at radius 3 is 2.00 bits per heavy atom. The maximum Gasteiger partial charge on any atom is 0.255 e. The molecule has 5 heteroatoms. The number of nitrogens with zero attached hydrogens (tertiary/aromatic N) is 1. The molecular weight excluding hydrogens is 338 g/mol. The molecule has 0 fully saturated rings. The summed E-state index contributed by atoms with van der Waals surface area (Å²) in [5, 5.41) is 5.53. The highest BCUT2D eigenvalue weighted by Gasteiger charge is 2.07. The van der Waals surface area contributed by atoms with Crippen LogP contribution < -0.4 is 10.6 Å². The lowest BCUT2D eigenvalue weighted by Crippen LogP contribution is -2.12. The minimum Gasteiger partial charge on any atom is -0.326 e. The summed E-state index contributed by atoms with van der Waals surface area (Å²) in [6.07, 6.45) is 2.83. The van der Waals surface area contributed by atoms with E-state index in [0.717, 1.165) is 17.7 Å². The van der Waals surface area contributed by atoms with Crippen molar-refractivity contribution in [3.8, 4) is 11.3 Å². The quantitative estimate of drug-likeness (QED) is 0.703. The van der Waals surface area contributed by atoms with E-state index >= 15 is 0 Å². The Morgan fingerprint density at radius 1 is 0.852 bits per heavy atom. The Hall–Kier alpha value is -3.47. The minimum atomic E-state index is -0.192. The summed E-state index contributed by atoms with van der Waals surface area (Å²) in [6, 6.07) is 18.4. The molecule has 0 aliphatic heterocycles. The Balaban J connectivity index is 1.67. The van der Waals surface area contributed by atoms with Gasteiger partial charge in [-0.25, -0.2) is 0 Å². The third-order valence-corrected chi connectivity index (χ3v) is 4.14. The van der Waals surface area contributed by atoms with Crippen LogP contribution >= 0.6 is 0 Å². The number of amides is 2. The number of pyridine rings is 1. The fourth-order valence-electron chi connectivity index (χ4n) is 2.64. The number of nitrogens with one attached hydrogen (secondary N) is 2. The average molecular weight is 359 g/mol. The van der Waals surface area contributed by atoms with Crippen molar-refractivity contribution in [3.63, 3.8) is 0 Å². The number of hydrogen-bond acceptors (Lipinski definition) is 3. The second-order valence-electron chi connectivity index (χ2n) is 6.20. The smallest absolute Gasteiger partial charge is 0.255 e. The van der Waals surface area contributed by atoms with Crippen molar-refractivity contribution < 1.29 is 9.59 Å². The largest absolute Gasteiger partial charge is 0.326 e. The summed E-state index contributed by atoms with van der Waals surface area (Å²) >= 11 is 0. The van der Waals surface area contributed by atoms with Crippen LogP contribution in [-0.4, -0.2) is 16.8 Å². The first-order valence-corrected chi connectivity index (χ1v) is 8.79. The summed E-state index contributed by atoms with van der Waals surface area (Å²) in [4.78, 5) is 27.9. The second kappa shape index (κ2) is 8.27. The molecule has 0 spiro atoms. The molecule has 2 aromatic carbocycles. The fourth-order valence-corrected chi connectivity index (χ4v) is 2.64. The van der Waals surface area contributed by atoms with Gasteiger partial charge in [-0.15, -0.1) is 0 Å². The van der Waals surface area contributed by atoms with E-state index in [4.69, 9.17) is 0 Å². The lowest BCUT2D eigenvalue weighted by atomic mass is 10.1. The fraction of sp³-hybridized carbons (Fsp3) is 0.136. The van der Waals surface area contributed by atoms with Gasteiger partial charge in [0.1, 0.15) is 0 Å². The topological polar surface area (TPSA) is 71.1 Å². The number of aryl methyl sites for hydroxylation is 1. The molecular formula is C22H21N3O2. The van der Waals surface area contributed by atoms with Crippen LogP contribution in [0.5, 0.6) is 0 Å². The van der Waals surface area contributed by atoms with Crippen LogP contribution in [0.4, 0.5) is 11.4 Å². The number of aromatic nitrogens is 1. The lowest BCUT2D eigenvalue weighted by molar-refractivity contribution is -0.114. The van der Waals surface area contributed by atoms with Gasteiger partial charge in [-0.05, 0) is 54.4 Å². The molecule has 0 aliphatic carbocycles. The molecule has 0 saturated carbocycles. The van der Waals surface area contributed by atoms with Gasteiger partial charge in [0.2, 0.25) is 5.91 Å². The second-order valence-corrected chi connectivity index (χ2v) is 6.20. The SMILES string of the molecule is CCc1ccc(-c2ccc(C(=O)Nc3ccc(NC(C)=O)cc3)cc2)nc1. The summed E-state index contributed by atoms with van der Waals surface area (Å²) in [5.41, 5.74) is 4.96. The Morgan fingerprint density at radius 2 is 1.48 bits per heavy atom. The van der Waals surface area contributed by atoms with Gasteiger partial charge < -0.3 is 10.6 Å². The van der Waals surface area contributed by atoms with Gasteiger partial charge in [0, 0.05) is 35.6 Å². The van der Waals surface area contributed by atoms with Crippen molar-refractivity contribution in [3.05, 3.63) is 78.0 Å². The molecule has 0 bridgehead atoms. The highest BCUT2D eigenvalue weighted by atomic mass is 16.2. The molecule has 2 N–H and O–H groups in total. The van der Waals surface area contributed by atoms with Crippen molar-refractivity contribution in [2.24, 2.45) is 0 Å². The number of rotatable bonds is 5. The first-order chi connectivity index (χ1) is 13.0. The highest BCUT2D eigenvalue weighted by molar-refractivity contribution is 6.04. The van der Waals surface area contributed by atoms with Gasteiger partial charge in [0.05, 0.1) is 5.69 Å². The first-order valence-electron chi connectivity index (χ1n) is 8.79. The molecule has 0 atom stereocenters. The van der Waals surface area contributed by atoms with Gasteiger partial charge in [-0.1, -0.05) is 25.1 Å². The molecule has 3 aromatic rings. The van der Waals surface area contributed by atoms with E-state index in [0.29, 0.717) is 16.9 Å². The van der Waals surface area contributed by atoms with Crippen molar-refractivity contribution in [2.45, 2.75) is 20.3 Å². The Bertz CT molecular complexity index is 931. The van der Waals surface area contributed by atoms with Crippen LogP contribution in [0.25, 0.3) is 11.3 Å².